The highest BCUT2D eigenvalue weighted by Crippen LogP contribution is 2.24. The number of amides is 1. The Morgan fingerprint density at radius 1 is 1.04 bits per heavy atom. The van der Waals surface area contributed by atoms with E-state index in [2.05, 4.69) is 15.5 Å². The maximum Gasteiger partial charge on any atom is 0.252 e. The molecule has 144 valence electrons. The van der Waals surface area contributed by atoms with Gasteiger partial charge >= 0.3 is 0 Å². The molecule has 5 nitrogen and oxygen atoms in total. The fourth-order valence-corrected chi connectivity index (χ4v) is 3.65. The van der Waals surface area contributed by atoms with Crippen molar-refractivity contribution in [3.05, 3.63) is 66.2 Å². The summed E-state index contributed by atoms with van der Waals surface area (Å²) in [6.07, 6.45) is 0.959. The van der Waals surface area contributed by atoms with E-state index >= 15 is 0 Å². The van der Waals surface area contributed by atoms with Crippen molar-refractivity contribution < 1.29 is 4.79 Å². The maximum absolute atomic E-state index is 12.9. The minimum Gasteiger partial charge on any atom is -0.352 e. The summed E-state index contributed by atoms with van der Waals surface area (Å²) in [7, 11) is 0. The van der Waals surface area contributed by atoms with Crippen molar-refractivity contribution in [2.75, 3.05) is 39.3 Å². The molecular weight excluding hydrogens is 348 g/mol. The Kier molecular flexibility index (Phi) is 5.95. The Morgan fingerprint density at radius 3 is 2.61 bits per heavy atom. The third-order valence-corrected chi connectivity index (χ3v) is 5.18. The van der Waals surface area contributed by atoms with E-state index in [-0.39, 0.29) is 5.91 Å². The Hall–Kier alpha value is -2.76. The van der Waals surface area contributed by atoms with Gasteiger partial charge in [-0.2, -0.15) is 0 Å². The number of hydrogen-bond donors (Lipinski definition) is 2. The van der Waals surface area contributed by atoms with Crippen LogP contribution in [0.5, 0.6) is 0 Å². The molecule has 1 aliphatic heterocycles. The van der Waals surface area contributed by atoms with Gasteiger partial charge in [0, 0.05) is 43.7 Å². The second kappa shape index (κ2) is 8.95. The third kappa shape index (κ3) is 4.38. The van der Waals surface area contributed by atoms with Crippen molar-refractivity contribution >= 4 is 16.8 Å². The molecule has 2 N–H and O–H groups in total. The average molecular weight is 374 g/mol. The number of carbonyl (C=O) groups is 1. The monoisotopic (exact) mass is 374 g/mol. The molecule has 2 heterocycles. The van der Waals surface area contributed by atoms with E-state index < -0.39 is 0 Å². The number of aromatic nitrogens is 1. The Balaban J connectivity index is 1.49. The largest absolute Gasteiger partial charge is 0.352 e. The van der Waals surface area contributed by atoms with E-state index in [4.69, 9.17) is 4.98 Å². The number of nitrogens with zero attached hydrogens (tertiary/aromatic N) is 2. The van der Waals surface area contributed by atoms with Crippen LogP contribution in [0.15, 0.2) is 60.7 Å². The van der Waals surface area contributed by atoms with Gasteiger partial charge in [-0.3, -0.25) is 4.79 Å². The number of piperazine rings is 1. The second-order valence-corrected chi connectivity index (χ2v) is 7.14. The summed E-state index contributed by atoms with van der Waals surface area (Å²) in [5.41, 5.74) is 3.37. The fourth-order valence-electron chi connectivity index (χ4n) is 3.65. The van der Waals surface area contributed by atoms with Crippen LogP contribution in [0.2, 0.25) is 0 Å². The van der Waals surface area contributed by atoms with Crippen LogP contribution in [0.3, 0.4) is 0 Å². The molecule has 28 heavy (non-hydrogen) atoms. The number of nitrogens with one attached hydrogen (secondary N) is 2. The molecule has 1 aromatic heterocycles. The number of pyridine rings is 1. The van der Waals surface area contributed by atoms with Crippen LogP contribution in [0, 0.1) is 0 Å². The van der Waals surface area contributed by atoms with Gasteiger partial charge in [0.2, 0.25) is 0 Å². The molecule has 5 heteroatoms. The lowest BCUT2D eigenvalue weighted by Gasteiger charge is -2.27. The van der Waals surface area contributed by atoms with Gasteiger partial charge in [0.1, 0.15) is 0 Å². The maximum atomic E-state index is 12.9. The molecule has 0 bridgehead atoms. The predicted octanol–water partition coefficient (Wildman–Crippen LogP) is 2.93. The van der Waals surface area contributed by atoms with Crippen molar-refractivity contribution in [1.82, 2.24) is 20.5 Å². The highest BCUT2D eigenvalue weighted by Gasteiger charge is 2.14. The zero-order valence-corrected chi connectivity index (χ0v) is 16.0. The van der Waals surface area contributed by atoms with Crippen molar-refractivity contribution in [2.45, 2.75) is 6.42 Å². The Labute approximate surface area is 165 Å². The molecule has 0 saturated carbocycles. The van der Waals surface area contributed by atoms with Gasteiger partial charge < -0.3 is 15.5 Å². The summed E-state index contributed by atoms with van der Waals surface area (Å²) in [5, 5.41) is 7.35. The molecule has 1 saturated heterocycles. The van der Waals surface area contributed by atoms with Gasteiger partial charge in [0.05, 0.1) is 16.8 Å². The van der Waals surface area contributed by atoms with Gasteiger partial charge in [0.15, 0.2) is 0 Å². The molecule has 1 amide bonds. The lowest BCUT2D eigenvalue weighted by atomic mass is 10.0. The first-order valence-electron chi connectivity index (χ1n) is 9.98. The molecule has 0 spiro atoms. The van der Waals surface area contributed by atoms with E-state index in [1.165, 1.54) is 0 Å². The molecular formula is C23H26N4O. The van der Waals surface area contributed by atoms with Crippen molar-refractivity contribution in [1.29, 1.82) is 0 Å². The highest BCUT2D eigenvalue weighted by atomic mass is 16.1. The molecule has 4 rings (SSSR count). The van der Waals surface area contributed by atoms with Crippen LogP contribution < -0.4 is 10.6 Å². The van der Waals surface area contributed by atoms with E-state index in [1.54, 1.807) is 0 Å². The van der Waals surface area contributed by atoms with Gasteiger partial charge in [-0.05, 0) is 25.1 Å². The van der Waals surface area contributed by atoms with Gasteiger partial charge in [0.25, 0.3) is 5.91 Å². The average Bonchev–Trinajstić information content (AvgIpc) is 2.77. The molecule has 1 aliphatic rings. The van der Waals surface area contributed by atoms with E-state index in [1.807, 2.05) is 60.7 Å². The van der Waals surface area contributed by atoms with Gasteiger partial charge in [-0.15, -0.1) is 0 Å². The topological polar surface area (TPSA) is 57.3 Å². The minimum absolute atomic E-state index is 0.0314. The molecule has 1 fully saturated rings. The summed E-state index contributed by atoms with van der Waals surface area (Å²) in [4.78, 5) is 20.1. The Bertz CT molecular complexity index is 936. The molecule has 3 aromatic rings. The SMILES string of the molecule is O=C(NCCCN1CCNCC1)c1cc(-c2ccccc2)nc2ccccc12. The van der Waals surface area contributed by atoms with E-state index in [9.17, 15) is 4.79 Å². The summed E-state index contributed by atoms with van der Waals surface area (Å²) in [5.74, 6) is -0.0314. The summed E-state index contributed by atoms with van der Waals surface area (Å²) >= 11 is 0. The lowest BCUT2D eigenvalue weighted by Crippen LogP contribution is -2.44. The van der Waals surface area contributed by atoms with Crippen LogP contribution >= 0.6 is 0 Å². The first-order valence-corrected chi connectivity index (χ1v) is 9.98. The smallest absolute Gasteiger partial charge is 0.252 e. The second-order valence-electron chi connectivity index (χ2n) is 7.14. The van der Waals surface area contributed by atoms with Gasteiger partial charge in [-0.1, -0.05) is 48.5 Å². The molecule has 0 unspecified atom stereocenters. The van der Waals surface area contributed by atoms with Crippen LogP contribution in [-0.2, 0) is 0 Å². The van der Waals surface area contributed by atoms with Crippen LogP contribution in [0.25, 0.3) is 22.2 Å². The summed E-state index contributed by atoms with van der Waals surface area (Å²) in [6.45, 7) is 5.98. The molecule has 0 radical (unpaired) electrons. The summed E-state index contributed by atoms with van der Waals surface area (Å²) < 4.78 is 0. The normalized spacial score (nSPS) is 14.9. The number of para-hydroxylation sites is 1. The van der Waals surface area contributed by atoms with Gasteiger partial charge in [-0.25, -0.2) is 4.98 Å². The van der Waals surface area contributed by atoms with Crippen molar-refractivity contribution in [2.24, 2.45) is 0 Å². The van der Waals surface area contributed by atoms with Crippen LogP contribution in [0.4, 0.5) is 0 Å². The number of benzene rings is 2. The van der Waals surface area contributed by atoms with E-state index in [0.717, 1.165) is 61.3 Å². The zero-order chi connectivity index (χ0) is 19.2. The number of hydrogen-bond acceptors (Lipinski definition) is 4. The zero-order valence-electron chi connectivity index (χ0n) is 16.0. The Morgan fingerprint density at radius 2 is 1.79 bits per heavy atom. The van der Waals surface area contributed by atoms with Crippen LogP contribution in [-0.4, -0.2) is 55.1 Å². The minimum atomic E-state index is -0.0314. The van der Waals surface area contributed by atoms with E-state index in [0.29, 0.717) is 12.1 Å². The fraction of sp³-hybridized carbons (Fsp3) is 0.304. The first kappa shape index (κ1) is 18.6. The standard InChI is InChI=1S/C23H26N4O/c28-23(25-11-6-14-27-15-12-24-13-16-27)20-17-22(18-7-2-1-3-8-18)26-21-10-5-4-9-19(20)21/h1-5,7-10,17,24H,6,11-16H2,(H,25,28). The third-order valence-electron chi connectivity index (χ3n) is 5.18. The number of fused-ring (bicyclic) bond motifs is 1. The predicted molar refractivity (Wildman–Crippen MR) is 113 cm³/mol. The first-order chi connectivity index (χ1) is 13.8. The number of rotatable bonds is 6. The van der Waals surface area contributed by atoms with Crippen molar-refractivity contribution in [3.8, 4) is 11.3 Å². The highest BCUT2D eigenvalue weighted by molar-refractivity contribution is 6.07. The van der Waals surface area contributed by atoms with Crippen LogP contribution in [0.1, 0.15) is 16.8 Å². The molecule has 2 aromatic carbocycles. The lowest BCUT2D eigenvalue weighted by molar-refractivity contribution is 0.0953. The molecule has 0 aliphatic carbocycles. The van der Waals surface area contributed by atoms with Crippen molar-refractivity contribution in [3.63, 3.8) is 0 Å². The molecule has 0 atom stereocenters. The summed E-state index contributed by atoms with van der Waals surface area (Å²) in [6, 6.07) is 19.7. The number of carbonyl (C=O) groups excluding carboxylic acids is 1. The quantitative estimate of drug-likeness (QED) is 0.652.